The molecule has 1 amide bonds. The molecule has 7 heteroatoms. The van der Waals surface area contributed by atoms with E-state index in [1.165, 1.54) is 22.9 Å². The van der Waals surface area contributed by atoms with Gasteiger partial charge in [-0.25, -0.2) is 0 Å². The molecule has 0 saturated carbocycles. The van der Waals surface area contributed by atoms with Crippen LogP contribution in [0.5, 0.6) is 0 Å². The standard InChI is InChI=1S/C14H14N4O3/c1-17-13(12(8-15-17)18(20)21)14(19)16-11-6-5-9-3-2-4-10(9)7-11/h5-8H,2-4H2,1H3,(H,16,19). The normalized spacial score (nSPS) is 13.0. The van der Waals surface area contributed by atoms with Crippen LogP contribution in [-0.4, -0.2) is 20.6 Å². The smallest absolute Gasteiger partial charge is 0.320 e. The van der Waals surface area contributed by atoms with Crippen molar-refractivity contribution < 1.29 is 9.72 Å². The summed E-state index contributed by atoms with van der Waals surface area (Å²) >= 11 is 0. The van der Waals surface area contributed by atoms with E-state index in [9.17, 15) is 14.9 Å². The van der Waals surface area contributed by atoms with Gasteiger partial charge in [0.15, 0.2) is 0 Å². The van der Waals surface area contributed by atoms with Gasteiger partial charge in [-0.05, 0) is 42.5 Å². The number of fused-ring (bicyclic) bond motifs is 1. The van der Waals surface area contributed by atoms with E-state index in [0.29, 0.717) is 5.69 Å². The minimum atomic E-state index is -0.607. The molecule has 2 aromatic rings. The average Bonchev–Trinajstić information content (AvgIpc) is 3.04. The van der Waals surface area contributed by atoms with Crippen LogP contribution >= 0.6 is 0 Å². The number of nitrogens with zero attached hydrogens (tertiary/aromatic N) is 3. The van der Waals surface area contributed by atoms with Gasteiger partial charge in [-0.1, -0.05) is 6.07 Å². The van der Waals surface area contributed by atoms with Crippen molar-refractivity contribution in [2.45, 2.75) is 19.3 Å². The molecule has 1 aromatic heterocycles. The molecule has 3 rings (SSSR count). The zero-order chi connectivity index (χ0) is 15.0. The number of rotatable bonds is 3. The number of amides is 1. The Kier molecular flexibility index (Phi) is 3.17. The number of aromatic nitrogens is 2. The number of nitrogens with one attached hydrogen (secondary N) is 1. The van der Waals surface area contributed by atoms with Gasteiger partial charge in [-0.15, -0.1) is 0 Å². The summed E-state index contributed by atoms with van der Waals surface area (Å²) in [6, 6.07) is 5.75. The largest absolute Gasteiger partial charge is 0.320 e. The van der Waals surface area contributed by atoms with E-state index in [2.05, 4.69) is 10.4 Å². The maximum absolute atomic E-state index is 12.2. The Morgan fingerprint density at radius 3 is 2.90 bits per heavy atom. The zero-order valence-corrected chi connectivity index (χ0v) is 11.5. The summed E-state index contributed by atoms with van der Waals surface area (Å²) in [7, 11) is 1.50. The summed E-state index contributed by atoms with van der Waals surface area (Å²) in [6.07, 6.45) is 4.28. The van der Waals surface area contributed by atoms with Gasteiger partial charge in [0, 0.05) is 12.7 Å². The van der Waals surface area contributed by atoms with Crippen LogP contribution in [0.1, 0.15) is 28.0 Å². The third-order valence-corrected chi connectivity index (χ3v) is 3.69. The molecule has 0 radical (unpaired) electrons. The lowest BCUT2D eigenvalue weighted by molar-refractivity contribution is -0.385. The number of carbonyl (C=O) groups excluding carboxylic acids is 1. The first-order valence-electron chi connectivity index (χ1n) is 6.66. The summed E-state index contributed by atoms with van der Waals surface area (Å²) in [5, 5.41) is 17.4. The quantitative estimate of drug-likeness (QED) is 0.690. The van der Waals surface area contributed by atoms with Crippen molar-refractivity contribution in [3.8, 4) is 0 Å². The molecule has 1 aliphatic rings. The number of benzene rings is 1. The Bertz CT molecular complexity index is 736. The highest BCUT2D eigenvalue weighted by Crippen LogP contribution is 2.25. The molecule has 0 bridgehead atoms. The number of nitro groups is 1. The van der Waals surface area contributed by atoms with E-state index in [0.717, 1.165) is 25.5 Å². The Balaban J connectivity index is 1.87. The highest BCUT2D eigenvalue weighted by molar-refractivity contribution is 6.05. The lowest BCUT2D eigenvalue weighted by Crippen LogP contribution is -2.17. The topological polar surface area (TPSA) is 90.1 Å². The SMILES string of the molecule is Cn1ncc([N+](=O)[O-])c1C(=O)Nc1ccc2c(c1)CCC2. The van der Waals surface area contributed by atoms with Crippen LogP contribution < -0.4 is 5.32 Å². The molecule has 0 atom stereocenters. The van der Waals surface area contributed by atoms with Gasteiger partial charge in [-0.2, -0.15) is 5.10 Å². The first-order valence-corrected chi connectivity index (χ1v) is 6.66. The van der Waals surface area contributed by atoms with E-state index in [1.54, 1.807) is 0 Å². The van der Waals surface area contributed by atoms with E-state index in [-0.39, 0.29) is 11.4 Å². The van der Waals surface area contributed by atoms with Crippen molar-refractivity contribution in [1.29, 1.82) is 0 Å². The molecule has 1 N–H and O–H groups in total. The molecular formula is C14H14N4O3. The molecule has 1 aliphatic carbocycles. The van der Waals surface area contributed by atoms with Crippen LogP contribution in [0.25, 0.3) is 0 Å². The van der Waals surface area contributed by atoms with Gasteiger partial charge >= 0.3 is 5.69 Å². The third kappa shape index (κ3) is 2.37. The fourth-order valence-corrected chi connectivity index (χ4v) is 2.66. The number of aryl methyl sites for hydroxylation is 3. The minimum absolute atomic E-state index is 0.0551. The van der Waals surface area contributed by atoms with Crippen LogP contribution in [0, 0.1) is 10.1 Å². The van der Waals surface area contributed by atoms with Crippen LogP contribution in [0.4, 0.5) is 11.4 Å². The summed E-state index contributed by atoms with van der Waals surface area (Å²) in [4.78, 5) is 22.6. The predicted molar refractivity (Wildman–Crippen MR) is 76.3 cm³/mol. The van der Waals surface area contributed by atoms with E-state index < -0.39 is 10.8 Å². The highest BCUT2D eigenvalue weighted by atomic mass is 16.6. The Hall–Kier alpha value is -2.70. The fourth-order valence-electron chi connectivity index (χ4n) is 2.66. The van der Waals surface area contributed by atoms with Crippen molar-refractivity contribution in [1.82, 2.24) is 9.78 Å². The molecule has 0 fully saturated rings. The zero-order valence-electron chi connectivity index (χ0n) is 11.5. The third-order valence-electron chi connectivity index (χ3n) is 3.69. The predicted octanol–water partition coefficient (Wildman–Crippen LogP) is 2.07. The van der Waals surface area contributed by atoms with Crippen LogP contribution in [0.2, 0.25) is 0 Å². The van der Waals surface area contributed by atoms with Gasteiger partial charge in [0.1, 0.15) is 6.20 Å². The van der Waals surface area contributed by atoms with Gasteiger partial charge in [0.25, 0.3) is 5.91 Å². The Morgan fingerprint density at radius 2 is 2.14 bits per heavy atom. The second kappa shape index (κ2) is 5.01. The van der Waals surface area contributed by atoms with Crippen molar-refractivity contribution in [3.05, 3.63) is 51.3 Å². The van der Waals surface area contributed by atoms with Gasteiger partial charge in [-0.3, -0.25) is 19.6 Å². The summed E-state index contributed by atoms with van der Waals surface area (Å²) < 4.78 is 1.21. The van der Waals surface area contributed by atoms with Gasteiger partial charge < -0.3 is 5.32 Å². The van der Waals surface area contributed by atoms with E-state index >= 15 is 0 Å². The van der Waals surface area contributed by atoms with Crippen LogP contribution in [0.15, 0.2) is 24.4 Å². The molecule has 0 saturated heterocycles. The summed E-state index contributed by atoms with van der Waals surface area (Å²) in [6.45, 7) is 0. The highest BCUT2D eigenvalue weighted by Gasteiger charge is 2.25. The molecule has 7 nitrogen and oxygen atoms in total. The lowest BCUT2D eigenvalue weighted by atomic mass is 10.1. The number of hydrogen-bond donors (Lipinski definition) is 1. The first kappa shape index (κ1) is 13.3. The van der Waals surface area contributed by atoms with E-state index in [4.69, 9.17) is 0 Å². The van der Waals surface area contributed by atoms with Crippen molar-refractivity contribution in [2.24, 2.45) is 7.05 Å². The molecule has 1 aromatic carbocycles. The molecule has 0 spiro atoms. The molecule has 1 heterocycles. The molecule has 108 valence electrons. The number of anilines is 1. The minimum Gasteiger partial charge on any atom is -0.320 e. The lowest BCUT2D eigenvalue weighted by Gasteiger charge is -2.07. The Morgan fingerprint density at radius 1 is 1.38 bits per heavy atom. The summed E-state index contributed by atoms with van der Waals surface area (Å²) in [5.41, 5.74) is 2.83. The van der Waals surface area contributed by atoms with Crippen LogP contribution in [-0.2, 0) is 19.9 Å². The molecular weight excluding hydrogens is 272 g/mol. The number of hydrogen-bond acceptors (Lipinski definition) is 4. The van der Waals surface area contributed by atoms with Gasteiger partial charge in [0.05, 0.1) is 4.92 Å². The van der Waals surface area contributed by atoms with Crippen molar-refractivity contribution in [2.75, 3.05) is 5.32 Å². The fraction of sp³-hybridized carbons (Fsp3) is 0.286. The second-order valence-corrected chi connectivity index (χ2v) is 5.05. The van der Waals surface area contributed by atoms with Crippen LogP contribution in [0.3, 0.4) is 0 Å². The molecule has 0 aliphatic heterocycles. The average molecular weight is 286 g/mol. The second-order valence-electron chi connectivity index (χ2n) is 5.05. The maximum atomic E-state index is 12.2. The molecule has 0 unspecified atom stereocenters. The Labute approximate surface area is 120 Å². The first-order chi connectivity index (χ1) is 10.1. The monoisotopic (exact) mass is 286 g/mol. The summed E-state index contributed by atoms with van der Waals surface area (Å²) in [5.74, 6) is -0.528. The van der Waals surface area contributed by atoms with Gasteiger partial charge in [0.2, 0.25) is 5.69 Å². The number of carbonyl (C=O) groups is 1. The van der Waals surface area contributed by atoms with Crippen molar-refractivity contribution >= 4 is 17.3 Å². The van der Waals surface area contributed by atoms with Crippen molar-refractivity contribution in [3.63, 3.8) is 0 Å². The maximum Gasteiger partial charge on any atom is 0.320 e. The molecule has 21 heavy (non-hydrogen) atoms. The van der Waals surface area contributed by atoms with E-state index in [1.807, 2.05) is 18.2 Å².